The van der Waals surface area contributed by atoms with Crippen LogP contribution in [0.5, 0.6) is 0 Å². The van der Waals surface area contributed by atoms with E-state index >= 15 is 0 Å². The van der Waals surface area contributed by atoms with E-state index in [9.17, 15) is 0 Å². The Kier molecular flexibility index (Phi) is 9.46. The fourth-order valence-corrected chi connectivity index (χ4v) is 24.8. The van der Waals surface area contributed by atoms with Crippen LogP contribution in [0.25, 0.3) is 0 Å². The molecule has 0 saturated carbocycles. The maximum absolute atomic E-state index is 6.55. The molecule has 3 unspecified atom stereocenters. The van der Waals surface area contributed by atoms with Gasteiger partial charge in [0, 0.05) is 34.0 Å². The van der Waals surface area contributed by atoms with Crippen molar-refractivity contribution < 1.29 is 39.2 Å². The van der Waals surface area contributed by atoms with Crippen molar-refractivity contribution >= 4 is 44.5 Å². The van der Waals surface area contributed by atoms with Crippen LogP contribution in [0.4, 0.5) is 0 Å². The van der Waals surface area contributed by atoms with Gasteiger partial charge in [0.05, 0.1) is 13.2 Å². The first kappa shape index (κ1) is 26.0. The van der Waals surface area contributed by atoms with E-state index in [0.717, 1.165) is 6.42 Å². The van der Waals surface area contributed by atoms with Gasteiger partial charge in [-0.2, -0.15) is 0 Å². The topological polar surface area (TPSA) is 86.4 Å². The summed E-state index contributed by atoms with van der Waals surface area (Å²) >= 11 is 0. The molecule has 2 aliphatic heterocycles. The molecule has 0 aromatic heterocycles. The summed E-state index contributed by atoms with van der Waals surface area (Å²) in [7, 11) is -7.03. The van der Waals surface area contributed by atoms with E-state index in [4.69, 9.17) is 39.2 Å². The third kappa shape index (κ3) is 6.38. The normalized spacial score (nSPS) is 38.5. The molecule has 2 heterocycles. The molecule has 29 heavy (non-hydrogen) atoms. The van der Waals surface area contributed by atoms with Crippen LogP contribution in [-0.4, -0.2) is 90.9 Å². The molecule has 0 amide bonds. The van der Waals surface area contributed by atoms with Gasteiger partial charge in [-0.1, -0.05) is 6.92 Å². The minimum absolute atomic E-state index is 0.447. The molecule has 0 radical (unpaired) electrons. The van der Waals surface area contributed by atoms with Gasteiger partial charge in [0.2, 0.25) is 0 Å². The van der Waals surface area contributed by atoms with E-state index in [0.29, 0.717) is 31.9 Å². The lowest BCUT2D eigenvalue weighted by atomic mass is 10.5. The van der Waals surface area contributed by atoms with Crippen LogP contribution in [0, 0.1) is 0 Å². The zero-order valence-corrected chi connectivity index (χ0v) is 24.4. The number of hydrogen-bond donors (Lipinski definition) is 0. The highest BCUT2D eigenvalue weighted by molar-refractivity contribution is 6.87. The fourth-order valence-electron chi connectivity index (χ4n) is 3.65. The van der Waals surface area contributed by atoms with Crippen LogP contribution in [0.15, 0.2) is 0 Å². The van der Waals surface area contributed by atoms with Gasteiger partial charge in [0.25, 0.3) is 0 Å². The fraction of sp³-hybridized carbons (Fsp3) is 1.00. The Hall–Kier alpha value is 0.724. The van der Waals surface area contributed by atoms with E-state index in [1.807, 2.05) is 13.1 Å². The molecule has 0 bridgehead atoms. The van der Waals surface area contributed by atoms with Crippen molar-refractivity contribution in [1.29, 1.82) is 0 Å². The third-order valence-corrected chi connectivity index (χ3v) is 24.8. The van der Waals surface area contributed by atoms with Crippen molar-refractivity contribution in [3.8, 4) is 0 Å². The van der Waals surface area contributed by atoms with Gasteiger partial charge in [-0.3, -0.25) is 0 Å². The van der Waals surface area contributed by atoms with Gasteiger partial charge in [0.1, 0.15) is 0 Å². The van der Waals surface area contributed by atoms with Crippen LogP contribution in [0.1, 0.15) is 13.3 Å². The van der Waals surface area contributed by atoms with E-state index < -0.39 is 49.7 Å². The van der Waals surface area contributed by atoms with Crippen LogP contribution < -0.4 is 0 Å². The molecule has 0 N–H and O–H groups in total. The summed E-state index contributed by atoms with van der Waals surface area (Å²) in [6.45, 7) is 12.1. The smallest absolute Gasteiger partial charge is 0.418 e. The highest BCUT2D eigenvalue weighted by Gasteiger charge is 2.67. The van der Waals surface area contributed by atoms with Crippen molar-refractivity contribution in [2.45, 2.75) is 56.8 Å². The van der Waals surface area contributed by atoms with Crippen molar-refractivity contribution in [1.82, 2.24) is 0 Å². The molecule has 2 saturated heterocycles. The summed E-state index contributed by atoms with van der Waals surface area (Å²) in [6.07, 6.45) is 0.970. The Labute approximate surface area is 181 Å². The second-order valence-electron chi connectivity index (χ2n) is 7.82. The van der Waals surface area contributed by atoms with E-state index in [1.54, 1.807) is 21.3 Å². The van der Waals surface area contributed by atoms with Crippen LogP contribution in [-0.2, 0) is 39.2 Å². The zero-order valence-electron chi connectivity index (χ0n) is 19.1. The lowest BCUT2D eigenvalue weighted by Gasteiger charge is -2.43. The Morgan fingerprint density at radius 2 is 1.48 bits per heavy atom. The minimum Gasteiger partial charge on any atom is -0.418 e. The first-order valence-corrected chi connectivity index (χ1v) is 21.2. The van der Waals surface area contributed by atoms with Gasteiger partial charge in [-0.25, -0.2) is 0 Å². The minimum atomic E-state index is -2.69. The SMILES string of the molecule is CCCOCC1([Si]2(C)O[SiH](C)O[Si](C)(CC[Si](OC)(OC)OC)O[SiH](C)O2)CO1. The molecule has 0 aliphatic carbocycles. The van der Waals surface area contributed by atoms with E-state index in [1.165, 1.54) is 0 Å². The molecule has 3 atom stereocenters. The Morgan fingerprint density at radius 3 is 1.90 bits per heavy atom. The van der Waals surface area contributed by atoms with Gasteiger partial charge < -0.3 is 39.2 Å². The second kappa shape index (κ2) is 10.6. The molecule has 9 nitrogen and oxygen atoms in total. The number of hydrogen-bond acceptors (Lipinski definition) is 9. The summed E-state index contributed by atoms with van der Waals surface area (Å²) in [5, 5.41) is -0.447. The van der Waals surface area contributed by atoms with Crippen LogP contribution in [0.3, 0.4) is 0 Å². The standard InChI is InChI=1S/C15H38O9Si5/c1-9-10-19-13-15(14-20-15)28(8)23-25(5)21-27(7,22-26(6)24-28)11-12-29(16-2,17-3)18-4/h25-26H,9-14H2,1-8H3. The zero-order chi connectivity index (χ0) is 21.8. The maximum atomic E-state index is 6.55. The molecule has 2 fully saturated rings. The van der Waals surface area contributed by atoms with Gasteiger partial charge in [-0.05, 0) is 38.7 Å². The second-order valence-corrected chi connectivity index (χ2v) is 22.5. The average Bonchev–Trinajstić information content (AvgIpc) is 3.44. The first-order chi connectivity index (χ1) is 13.6. The molecule has 0 spiro atoms. The molecule has 2 aliphatic rings. The number of epoxide rings is 1. The Balaban J connectivity index is 2.07. The van der Waals surface area contributed by atoms with Gasteiger partial charge in [-0.15, -0.1) is 0 Å². The molecular formula is C15H38O9Si5. The molecule has 0 aromatic carbocycles. The molecule has 0 aromatic rings. The highest BCUT2D eigenvalue weighted by Crippen LogP contribution is 2.41. The number of ether oxygens (including phenoxy) is 2. The summed E-state index contributed by atoms with van der Waals surface area (Å²) in [5.74, 6) is 0. The van der Waals surface area contributed by atoms with E-state index in [2.05, 4.69) is 20.0 Å². The third-order valence-electron chi connectivity index (χ3n) is 5.43. The van der Waals surface area contributed by atoms with Crippen molar-refractivity contribution in [3.05, 3.63) is 0 Å². The predicted molar refractivity (Wildman–Crippen MR) is 120 cm³/mol. The monoisotopic (exact) mass is 502 g/mol. The highest BCUT2D eigenvalue weighted by atomic mass is 28.5. The summed E-state index contributed by atoms with van der Waals surface area (Å²) in [4.78, 5) is 0. The summed E-state index contributed by atoms with van der Waals surface area (Å²) < 4.78 is 54.4. The van der Waals surface area contributed by atoms with Crippen molar-refractivity contribution in [2.24, 2.45) is 0 Å². The Morgan fingerprint density at radius 1 is 0.966 bits per heavy atom. The Bertz CT molecular complexity index is 498. The number of rotatable bonds is 11. The van der Waals surface area contributed by atoms with Crippen molar-refractivity contribution in [3.63, 3.8) is 0 Å². The van der Waals surface area contributed by atoms with Gasteiger partial charge >= 0.3 is 44.5 Å². The summed E-state index contributed by atoms with van der Waals surface area (Å²) in [6, 6.07) is 1.34. The maximum Gasteiger partial charge on any atom is 0.500 e. The van der Waals surface area contributed by atoms with Crippen LogP contribution in [0.2, 0.25) is 38.3 Å². The van der Waals surface area contributed by atoms with Crippen molar-refractivity contribution in [2.75, 3.05) is 41.2 Å². The quantitative estimate of drug-likeness (QED) is 0.237. The summed E-state index contributed by atoms with van der Waals surface area (Å²) in [5.41, 5.74) is 0. The lowest BCUT2D eigenvalue weighted by Crippen LogP contribution is -2.65. The van der Waals surface area contributed by atoms with Crippen LogP contribution >= 0.6 is 0 Å². The lowest BCUT2D eigenvalue weighted by molar-refractivity contribution is 0.0873. The predicted octanol–water partition coefficient (Wildman–Crippen LogP) is 1.52. The molecule has 172 valence electrons. The molecular weight excluding hydrogens is 465 g/mol. The largest absolute Gasteiger partial charge is 0.500 e. The average molecular weight is 503 g/mol. The van der Waals surface area contributed by atoms with Gasteiger partial charge in [0.15, 0.2) is 5.22 Å². The first-order valence-electron chi connectivity index (χ1n) is 10.2. The molecule has 2 rings (SSSR count). The van der Waals surface area contributed by atoms with E-state index in [-0.39, 0.29) is 0 Å². The molecule has 14 heteroatoms.